The fraction of sp³-hybridized carbons (Fsp3) is 0.269. The monoisotopic (exact) mass is 492 g/mol. The smallest absolute Gasteiger partial charge is 0.264 e. The van der Waals surface area contributed by atoms with Crippen molar-refractivity contribution in [1.82, 2.24) is 9.27 Å². The lowest BCUT2D eigenvalue weighted by Gasteiger charge is -2.35. The Bertz CT molecular complexity index is 1360. The molecule has 0 amide bonds. The second-order valence-corrected chi connectivity index (χ2v) is 11.3. The predicted octanol–water partition coefficient (Wildman–Crippen LogP) is 4.49. The molecule has 1 aliphatic rings. The first-order chi connectivity index (χ1) is 16.5. The standard InChI is InChI=1S/C26H28N4O2S2/c1-28(34(31,32)22-10-3-2-4-11-22)24-13-7-5-9-21(24)15-16-29-17-19-30(20-18-29)26-23-12-6-8-14-25(23)33-27-26/h2-14H,15-20H2,1H3. The Hall–Kier alpha value is -2.94. The number of benzene rings is 3. The Morgan fingerprint density at radius 2 is 1.56 bits per heavy atom. The van der Waals surface area contributed by atoms with Gasteiger partial charge in [0.05, 0.1) is 15.3 Å². The van der Waals surface area contributed by atoms with E-state index in [-0.39, 0.29) is 0 Å². The minimum absolute atomic E-state index is 0.304. The summed E-state index contributed by atoms with van der Waals surface area (Å²) in [6.07, 6.45) is 0.796. The minimum atomic E-state index is -3.60. The predicted molar refractivity (Wildman–Crippen MR) is 140 cm³/mol. The highest BCUT2D eigenvalue weighted by atomic mass is 32.2. The van der Waals surface area contributed by atoms with Gasteiger partial charge in [0.15, 0.2) is 0 Å². The van der Waals surface area contributed by atoms with Crippen LogP contribution in [-0.4, -0.2) is 57.5 Å². The van der Waals surface area contributed by atoms with E-state index < -0.39 is 10.0 Å². The number of hydrogen-bond donors (Lipinski definition) is 0. The number of para-hydroxylation sites is 1. The van der Waals surface area contributed by atoms with Crippen molar-refractivity contribution in [2.24, 2.45) is 0 Å². The molecule has 0 spiro atoms. The molecule has 0 N–H and O–H groups in total. The average Bonchev–Trinajstić information content (AvgIpc) is 3.32. The van der Waals surface area contributed by atoms with Crippen molar-refractivity contribution in [2.75, 3.05) is 49.0 Å². The van der Waals surface area contributed by atoms with Crippen molar-refractivity contribution in [3.8, 4) is 0 Å². The van der Waals surface area contributed by atoms with E-state index in [1.807, 2.05) is 30.3 Å². The molecule has 3 aromatic carbocycles. The van der Waals surface area contributed by atoms with Gasteiger partial charge in [0, 0.05) is 45.2 Å². The zero-order valence-corrected chi connectivity index (χ0v) is 20.8. The number of fused-ring (bicyclic) bond motifs is 1. The number of sulfonamides is 1. The maximum absolute atomic E-state index is 13.1. The summed E-state index contributed by atoms with van der Waals surface area (Å²) in [6, 6.07) is 24.8. The van der Waals surface area contributed by atoms with Gasteiger partial charge in [-0.2, -0.15) is 4.37 Å². The van der Waals surface area contributed by atoms with Crippen LogP contribution in [0.5, 0.6) is 0 Å². The van der Waals surface area contributed by atoms with Crippen molar-refractivity contribution in [3.63, 3.8) is 0 Å². The minimum Gasteiger partial charge on any atom is -0.353 e. The zero-order chi connectivity index (χ0) is 23.5. The normalized spacial score (nSPS) is 15.0. The fourth-order valence-electron chi connectivity index (χ4n) is 4.47. The Balaban J connectivity index is 1.24. The van der Waals surface area contributed by atoms with Gasteiger partial charge in [-0.25, -0.2) is 8.42 Å². The van der Waals surface area contributed by atoms with Crippen molar-refractivity contribution in [3.05, 3.63) is 84.4 Å². The molecule has 1 saturated heterocycles. The summed E-state index contributed by atoms with van der Waals surface area (Å²) in [4.78, 5) is 5.13. The van der Waals surface area contributed by atoms with Crippen molar-refractivity contribution in [2.45, 2.75) is 11.3 Å². The van der Waals surface area contributed by atoms with Gasteiger partial charge in [0.2, 0.25) is 0 Å². The number of anilines is 2. The maximum Gasteiger partial charge on any atom is 0.264 e. The third-order valence-electron chi connectivity index (χ3n) is 6.46. The van der Waals surface area contributed by atoms with Crippen LogP contribution in [0.25, 0.3) is 10.1 Å². The van der Waals surface area contributed by atoms with Crippen LogP contribution >= 0.6 is 11.5 Å². The van der Waals surface area contributed by atoms with Crippen molar-refractivity contribution in [1.29, 1.82) is 0 Å². The van der Waals surface area contributed by atoms with Crippen LogP contribution in [0.3, 0.4) is 0 Å². The molecule has 0 saturated carbocycles. The molecule has 8 heteroatoms. The number of aromatic nitrogens is 1. The van der Waals surface area contributed by atoms with E-state index in [1.165, 1.54) is 14.4 Å². The van der Waals surface area contributed by atoms with Gasteiger partial charge < -0.3 is 4.90 Å². The molecular weight excluding hydrogens is 464 g/mol. The number of nitrogens with zero attached hydrogens (tertiary/aromatic N) is 4. The molecule has 0 atom stereocenters. The third kappa shape index (κ3) is 4.53. The highest BCUT2D eigenvalue weighted by molar-refractivity contribution is 7.92. The molecule has 0 bridgehead atoms. The molecule has 1 fully saturated rings. The molecule has 0 unspecified atom stereocenters. The Labute approximate surface area is 205 Å². The topological polar surface area (TPSA) is 56.8 Å². The highest BCUT2D eigenvalue weighted by Gasteiger charge is 2.24. The van der Waals surface area contributed by atoms with Crippen LogP contribution in [-0.2, 0) is 16.4 Å². The van der Waals surface area contributed by atoms with E-state index in [4.69, 9.17) is 4.37 Å². The highest BCUT2D eigenvalue weighted by Crippen LogP contribution is 2.30. The van der Waals surface area contributed by atoms with E-state index in [2.05, 4.69) is 34.1 Å². The van der Waals surface area contributed by atoms with Crippen molar-refractivity contribution >= 4 is 43.1 Å². The number of piperazine rings is 1. The molecule has 0 radical (unpaired) electrons. The van der Waals surface area contributed by atoms with E-state index in [9.17, 15) is 8.42 Å². The lowest BCUT2D eigenvalue weighted by Crippen LogP contribution is -2.47. The van der Waals surface area contributed by atoms with E-state index in [0.717, 1.165) is 56.2 Å². The summed E-state index contributed by atoms with van der Waals surface area (Å²) in [7, 11) is -1.96. The first-order valence-corrected chi connectivity index (χ1v) is 13.7. The lowest BCUT2D eigenvalue weighted by molar-refractivity contribution is 0.261. The largest absolute Gasteiger partial charge is 0.353 e. The lowest BCUT2D eigenvalue weighted by atomic mass is 10.1. The Morgan fingerprint density at radius 3 is 2.35 bits per heavy atom. The molecule has 176 valence electrons. The molecule has 2 heterocycles. The molecule has 0 aliphatic carbocycles. The molecule has 1 aliphatic heterocycles. The van der Waals surface area contributed by atoms with Crippen LogP contribution in [0, 0.1) is 0 Å². The number of rotatable bonds is 7. The Morgan fingerprint density at radius 1 is 0.882 bits per heavy atom. The molecular formula is C26H28N4O2S2. The van der Waals surface area contributed by atoms with Crippen LogP contribution in [0.1, 0.15) is 5.56 Å². The molecule has 5 rings (SSSR count). The molecule has 6 nitrogen and oxygen atoms in total. The SMILES string of the molecule is CN(c1ccccc1CCN1CCN(c2nsc3ccccc23)CC1)S(=O)(=O)c1ccccc1. The second kappa shape index (κ2) is 9.74. The summed E-state index contributed by atoms with van der Waals surface area (Å²) in [5.41, 5.74) is 1.77. The van der Waals surface area contributed by atoms with Crippen molar-refractivity contribution < 1.29 is 8.42 Å². The Kier molecular flexibility index (Phi) is 6.54. The van der Waals surface area contributed by atoms with Gasteiger partial charge in [-0.1, -0.05) is 48.5 Å². The summed E-state index contributed by atoms with van der Waals surface area (Å²) >= 11 is 1.56. The van der Waals surface area contributed by atoms with Crippen LogP contribution in [0.4, 0.5) is 11.5 Å². The van der Waals surface area contributed by atoms with Crippen LogP contribution in [0.15, 0.2) is 83.8 Å². The molecule has 34 heavy (non-hydrogen) atoms. The average molecular weight is 493 g/mol. The van der Waals surface area contributed by atoms with Gasteiger partial charge >= 0.3 is 0 Å². The first-order valence-electron chi connectivity index (χ1n) is 11.5. The zero-order valence-electron chi connectivity index (χ0n) is 19.2. The van der Waals surface area contributed by atoms with Gasteiger partial charge in [-0.15, -0.1) is 0 Å². The van der Waals surface area contributed by atoms with Gasteiger partial charge in [-0.05, 0) is 53.8 Å². The first kappa shape index (κ1) is 22.8. The fourth-order valence-corrected chi connectivity index (χ4v) is 6.52. The van der Waals surface area contributed by atoms with Crippen LogP contribution in [0.2, 0.25) is 0 Å². The van der Waals surface area contributed by atoms with Gasteiger partial charge in [0.1, 0.15) is 5.82 Å². The summed E-state index contributed by atoms with van der Waals surface area (Å²) in [5, 5.41) is 1.23. The third-order valence-corrected chi connectivity index (χ3v) is 9.06. The summed E-state index contributed by atoms with van der Waals surface area (Å²) in [5.74, 6) is 1.10. The molecule has 4 aromatic rings. The van der Waals surface area contributed by atoms with E-state index in [1.54, 1.807) is 42.8 Å². The molecule has 1 aromatic heterocycles. The quantitative estimate of drug-likeness (QED) is 0.381. The summed E-state index contributed by atoms with van der Waals surface area (Å²) in [6.45, 7) is 4.70. The van der Waals surface area contributed by atoms with E-state index in [0.29, 0.717) is 4.90 Å². The van der Waals surface area contributed by atoms with Gasteiger partial charge in [0.25, 0.3) is 10.0 Å². The summed E-state index contributed by atoms with van der Waals surface area (Å²) < 4.78 is 33.6. The van der Waals surface area contributed by atoms with E-state index >= 15 is 0 Å². The van der Waals surface area contributed by atoms with Gasteiger partial charge in [-0.3, -0.25) is 9.21 Å². The second-order valence-electron chi connectivity index (χ2n) is 8.50. The maximum atomic E-state index is 13.1. The van der Waals surface area contributed by atoms with Crippen LogP contribution < -0.4 is 9.21 Å². The number of hydrogen-bond acceptors (Lipinski definition) is 6.